The van der Waals surface area contributed by atoms with E-state index in [2.05, 4.69) is 27.7 Å². The SMILES string of the molecule is CC(C)(C)OC(=O)N1CCC(SC(=O)NCCCCN=C=S)CC1. The standard InChI is InChI=1S/C16H27N3O3S2/c1-16(2,3)22-15(21)19-10-6-13(7-11-19)24-14(20)18-9-5-4-8-17-12-23/h13H,4-11H2,1-3H3,(H,18,20). The third kappa shape index (κ3) is 9.25. The zero-order valence-electron chi connectivity index (χ0n) is 14.7. The van der Waals surface area contributed by atoms with Crippen LogP contribution < -0.4 is 5.32 Å². The summed E-state index contributed by atoms with van der Waals surface area (Å²) >= 11 is 5.83. The Hall–Kier alpha value is -1.11. The van der Waals surface area contributed by atoms with E-state index in [1.165, 1.54) is 11.8 Å². The molecule has 1 saturated heterocycles. The Bertz CT molecular complexity index is 466. The second-order valence-electron chi connectivity index (χ2n) is 6.68. The van der Waals surface area contributed by atoms with Crippen LogP contribution in [0.1, 0.15) is 46.5 Å². The number of likely N-dealkylation sites (tertiary alicyclic amines) is 1. The number of thioether (sulfide) groups is 1. The highest BCUT2D eigenvalue weighted by Crippen LogP contribution is 2.25. The average Bonchev–Trinajstić information content (AvgIpc) is 2.49. The lowest BCUT2D eigenvalue weighted by Crippen LogP contribution is -2.42. The molecule has 0 atom stereocenters. The van der Waals surface area contributed by atoms with Crippen LogP contribution >= 0.6 is 24.0 Å². The van der Waals surface area contributed by atoms with E-state index in [0.29, 0.717) is 26.2 Å². The van der Waals surface area contributed by atoms with Gasteiger partial charge in [-0.15, -0.1) is 0 Å². The van der Waals surface area contributed by atoms with Crippen molar-refractivity contribution >= 4 is 40.5 Å². The van der Waals surface area contributed by atoms with E-state index < -0.39 is 5.60 Å². The summed E-state index contributed by atoms with van der Waals surface area (Å²) in [7, 11) is 0. The lowest BCUT2D eigenvalue weighted by Gasteiger charge is -2.32. The van der Waals surface area contributed by atoms with Crippen LogP contribution in [0.5, 0.6) is 0 Å². The Morgan fingerprint density at radius 1 is 1.33 bits per heavy atom. The first-order chi connectivity index (χ1) is 11.3. The number of piperidine rings is 1. The van der Waals surface area contributed by atoms with Crippen LogP contribution in [0.4, 0.5) is 9.59 Å². The average molecular weight is 374 g/mol. The maximum absolute atomic E-state index is 12.0. The molecule has 0 aliphatic carbocycles. The number of rotatable bonds is 6. The van der Waals surface area contributed by atoms with Gasteiger partial charge in [0.15, 0.2) is 0 Å². The molecule has 1 N–H and O–H groups in total. The van der Waals surface area contributed by atoms with Crippen molar-refractivity contribution in [3.8, 4) is 0 Å². The normalized spacial score (nSPS) is 15.5. The third-order valence-corrected chi connectivity index (χ3v) is 4.69. The zero-order chi connectivity index (χ0) is 18.0. The molecule has 1 rings (SSSR count). The molecular formula is C16H27N3O3S2. The van der Waals surface area contributed by atoms with Gasteiger partial charge in [-0.1, -0.05) is 11.8 Å². The van der Waals surface area contributed by atoms with Gasteiger partial charge in [0.2, 0.25) is 0 Å². The Balaban J connectivity index is 2.17. The van der Waals surface area contributed by atoms with Crippen molar-refractivity contribution in [2.75, 3.05) is 26.2 Å². The molecule has 0 unspecified atom stereocenters. The molecule has 2 amide bonds. The Kier molecular flexibility index (Phi) is 9.33. The van der Waals surface area contributed by atoms with E-state index in [1.807, 2.05) is 20.8 Å². The molecule has 1 heterocycles. The van der Waals surface area contributed by atoms with E-state index in [4.69, 9.17) is 4.74 Å². The summed E-state index contributed by atoms with van der Waals surface area (Å²) in [4.78, 5) is 29.4. The van der Waals surface area contributed by atoms with Gasteiger partial charge in [0.05, 0.1) is 5.16 Å². The van der Waals surface area contributed by atoms with Crippen LogP contribution in [0, 0.1) is 0 Å². The van der Waals surface area contributed by atoms with Crippen LogP contribution in [-0.4, -0.2) is 58.4 Å². The number of thiocarbonyl (C=S) groups is 1. The van der Waals surface area contributed by atoms with Gasteiger partial charge in [-0.2, -0.15) is 0 Å². The lowest BCUT2D eigenvalue weighted by molar-refractivity contribution is 0.0219. The highest BCUT2D eigenvalue weighted by Gasteiger charge is 2.28. The summed E-state index contributed by atoms with van der Waals surface area (Å²) in [6.07, 6.45) is 3.11. The van der Waals surface area contributed by atoms with Crippen molar-refractivity contribution in [2.24, 2.45) is 4.99 Å². The van der Waals surface area contributed by atoms with Crippen molar-refractivity contribution in [1.29, 1.82) is 0 Å². The molecule has 0 aromatic carbocycles. The molecule has 136 valence electrons. The van der Waals surface area contributed by atoms with Gasteiger partial charge in [0.25, 0.3) is 5.24 Å². The number of carbonyl (C=O) groups is 2. The minimum absolute atomic E-state index is 0.00375. The van der Waals surface area contributed by atoms with Crippen molar-refractivity contribution in [2.45, 2.75) is 57.3 Å². The van der Waals surface area contributed by atoms with Crippen molar-refractivity contribution < 1.29 is 14.3 Å². The molecule has 0 bridgehead atoms. The Labute approximate surface area is 153 Å². The number of isothiocyanates is 1. The fraction of sp³-hybridized carbons (Fsp3) is 0.812. The third-order valence-electron chi connectivity index (χ3n) is 3.40. The maximum Gasteiger partial charge on any atom is 0.410 e. The molecule has 1 aliphatic heterocycles. The highest BCUT2D eigenvalue weighted by atomic mass is 32.2. The number of nitrogens with one attached hydrogen (secondary N) is 1. The van der Waals surface area contributed by atoms with Gasteiger partial charge in [-0.25, -0.2) is 9.79 Å². The largest absolute Gasteiger partial charge is 0.444 e. The molecule has 0 aromatic rings. The predicted molar refractivity (Wildman–Crippen MR) is 101 cm³/mol. The van der Waals surface area contributed by atoms with Gasteiger partial charge < -0.3 is 15.0 Å². The lowest BCUT2D eigenvalue weighted by atomic mass is 10.1. The molecule has 8 heteroatoms. The molecule has 6 nitrogen and oxygen atoms in total. The second-order valence-corrected chi connectivity index (χ2v) is 8.13. The quantitative estimate of drug-likeness (QED) is 0.436. The summed E-state index contributed by atoms with van der Waals surface area (Å²) in [5, 5.41) is 5.48. The van der Waals surface area contributed by atoms with Crippen LogP contribution in [0.3, 0.4) is 0 Å². The maximum atomic E-state index is 12.0. The Morgan fingerprint density at radius 2 is 2.00 bits per heavy atom. The van der Waals surface area contributed by atoms with E-state index in [9.17, 15) is 9.59 Å². The van der Waals surface area contributed by atoms with Gasteiger partial charge in [0.1, 0.15) is 5.60 Å². The van der Waals surface area contributed by atoms with Crippen molar-refractivity contribution in [1.82, 2.24) is 10.2 Å². The van der Waals surface area contributed by atoms with Crippen LogP contribution in [0.15, 0.2) is 4.99 Å². The number of hydrogen-bond acceptors (Lipinski definition) is 6. The minimum Gasteiger partial charge on any atom is -0.444 e. The Morgan fingerprint density at radius 3 is 2.58 bits per heavy atom. The molecule has 24 heavy (non-hydrogen) atoms. The minimum atomic E-state index is -0.475. The fourth-order valence-electron chi connectivity index (χ4n) is 2.23. The molecule has 1 fully saturated rings. The number of amides is 2. The van der Waals surface area contributed by atoms with E-state index >= 15 is 0 Å². The summed E-state index contributed by atoms with van der Waals surface area (Å²) in [5.74, 6) is 0. The number of aliphatic imine (C=N–C) groups is 1. The molecule has 0 aromatic heterocycles. The van der Waals surface area contributed by atoms with E-state index in [-0.39, 0.29) is 16.6 Å². The second kappa shape index (κ2) is 10.7. The number of nitrogens with zero attached hydrogens (tertiary/aromatic N) is 2. The van der Waals surface area contributed by atoms with E-state index in [0.717, 1.165) is 25.7 Å². The predicted octanol–water partition coefficient (Wildman–Crippen LogP) is 3.71. The summed E-state index contributed by atoms with van der Waals surface area (Å²) in [6.45, 7) is 8.16. The van der Waals surface area contributed by atoms with Gasteiger partial charge >= 0.3 is 6.09 Å². The first-order valence-electron chi connectivity index (χ1n) is 8.28. The van der Waals surface area contributed by atoms with Crippen LogP contribution in [0.2, 0.25) is 0 Å². The first-order valence-corrected chi connectivity index (χ1v) is 9.56. The fourth-order valence-corrected chi connectivity index (χ4v) is 3.25. The number of ether oxygens (including phenoxy) is 1. The van der Waals surface area contributed by atoms with Gasteiger partial charge in [0, 0.05) is 31.4 Å². The van der Waals surface area contributed by atoms with Gasteiger partial charge in [-0.05, 0) is 58.7 Å². The number of carbonyl (C=O) groups excluding carboxylic acids is 2. The number of unbranched alkanes of at least 4 members (excludes halogenated alkanes) is 1. The highest BCUT2D eigenvalue weighted by molar-refractivity contribution is 8.14. The van der Waals surface area contributed by atoms with Crippen molar-refractivity contribution in [3.05, 3.63) is 0 Å². The summed E-state index contributed by atoms with van der Waals surface area (Å²) in [5.41, 5.74) is -0.475. The van der Waals surface area contributed by atoms with Crippen molar-refractivity contribution in [3.63, 3.8) is 0 Å². The summed E-state index contributed by atoms with van der Waals surface area (Å²) < 4.78 is 5.37. The monoisotopic (exact) mass is 373 g/mol. The van der Waals surface area contributed by atoms with Crippen LogP contribution in [0.25, 0.3) is 0 Å². The van der Waals surface area contributed by atoms with Gasteiger partial charge in [-0.3, -0.25) is 4.79 Å². The smallest absolute Gasteiger partial charge is 0.410 e. The summed E-state index contributed by atoms with van der Waals surface area (Å²) in [6, 6.07) is 0. The molecule has 0 radical (unpaired) electrons. The van der Waals surface area contributed by atoms with Crippen LogP contribution in [-0.2, 0) is 4.74 Å². The molecule has 0 spiro atoms. The molecular weight excluding hydrogens is 346 g/mol. The van der Waals surface area contributed by atoms with E-state index in [1.54, 1.807) is 4.90 Å². The zero-order valence-corrected chi connectivity index (χ0v) is 16.3. The number of hydrogen-bond donors (Lipinski definition) is 1. The first kappa shape index (κ1) is 20.9. The molecule has 0 saturated carbocycles. The molecule has 1 aliphatic rings. The topological polar surface area (TPSA) is 71.0 Å².